The summed E-state index contributed by atoms with van der Waals surface area (Å²) in [5.74, 6) is 0. The third kappa shape index (κ3) is 4.60. The zero-order valence-electron chi connectivity index (χ0n) is 32.9. The first-order chi connectivity index (χ1) is 27.8. The average molecular weight is 686 g/mol. The second kappa shape index (κ2) is 11.6. The fraction of sp³-hybridized carbons (Fsp3) is 0.0204. The highest BCUT2D eigenvalue weighted by Gasteiger charge is 2.23. The highest BCUT2D eigenvalue weighted by atomic mass is 32.2. The molecule has 2 nitrogen and oxygen atoms in total. The van der Waals surface area contributed by atoms with E-state index in [2.05, 4.69) is 132 Å². The zero-order chi connectivity index (χ0) is 38.5. The topological polar surface area (TPSA) is 9.86 Å². The van der Waals surface area contributed by atoms with E-state index < -0.39 is 6.04 Å². The summed E-state index contributed by atoms with van der Waals surface area (Å²) in [4.78, 5) is 2.26. The lowest BCUT2D eigenvalue weighted by molar-refractivity contribution is 1.06. The minimum atomic E-state index is -0.397. The van der Waals surface area contributed by atoms with Crippen LogP contribution in [0.5, 0.6) is 0 Å². The molecule has 0 bridgehead atoms. The monoisotopic (exact) mass is 685 g/mol. The number of hydrogen-bond donors (Lipinski definition) is 0. The maximum absolute atomic E-state index is 8.88. The van der Waals surface area contributed by atoms with Gasteiger partial charge in [-0.3, -0.25) is 0 Å². The normalized spacial score (nSPS) is 13.8. The summed E-state index contributed by atoms with van der Waals surface area (Å²) in [6, 6.07) is 52.2. The van der Waals surface area contributed by atoms with Gasteiger partial charge in [-0.1, -0.05) is 127 Å². The molecule has 0 N–H and O–H groups in total. The molecule has 0 fully saturated rings. The molecule has 0 unspecified atom stereocenters. The SMILES string of the molecule is [2H]c1c([2H])c([2H])c(-n2c3ccccc3c3cc4c(cc32)Sc2cc3c(cc2C4)c2ccccc2n3-c2cc(-c3ccccc3)cc(-c3ccccc3)c2)c([2H])c1[2H]. The van der Waals surface area contributed by atoms with Crippen molar-refractivity contribution < 1.29 is 6.85 Å². The van der Waals surface area contributed by atoms with Crippen molar-refractivity contribution in [2.24, 2.45) is 0 Å². The van der Waals surface area contributed by atoms with Crippen molar-refractivity contribution in [2.75, 3.05) is 0 Å². The van der Waals surface area contributed by atoms with E-state index in [0.717, 1.165) is 72.1 Å². The zero-order valence-corrected chi connectivity index (χ0v) is 28.8. The van der Waals surface area contributed by atoms with Gasteiger partial charge in [-0.15, -0.1) is 0 Å². The molecule has 0 aliphatic carbocycles. The van der Waals surface area contributed by atoms with Gasteiger partial charge in [0, 0.05) is 42.7 Å². The number of benzene rings is 8. The maximum atomic E-state index is 8.88. The first-order valence-corrected chi connectivity index (χ1v) is 18.3. The Kier molecular flexibility index (Phi) is 5.54. The Morgan fingerprint density at radius 2 is 0.885 bits per heavy atom. The minimum absolute atomic E-state index is 0.159. The van der Waals surface area contributed by atoms with E-state index in [4.69, 9.17) is 6.85 Å². The third-order valence-corrected chi connectivity index (χ3v) is 11.6. The van der Waals surface area contributed by atoms with E-state index in [1.807, 2.05) is 28.8 Å². The van der Waals surface area contributed by atoms with Crippen LogP contribution in [0.15, 0.2) is 192 Å². The van der Waals surface area contributed by atoms with E-state index >= 15 is 0 Å². The maximum Gasteiger partial charge on any atom is 0.0645 e. The highest BCUT2D eigenvalue weighted by molar-refractivity contribution is 7.99. The first-order valence-electron chi connectivity index (χ1n) is 20.0. The van der Waals surface area contributed by atoms with Crippen LogP contribution in [0, 0.1) is 0 Å². The van der Waals surface area contributed by atoms with Crippen LogP contribution in [-0.4, -0.2) is 9.13 Å². The molecule has 8 aromatic carbocycles. The van der Waals surface area contributed by atoms with Crippen molar-refractivity contribution >= 4 is 55.4 Å². The fourth-order valence-electron chi connectivity index (χ4n) is 8.08. The predicted molar refractivity (Wildman–Crippen MR) is 219 cm³/mol. The molecule has 0 saturated heterocycles. The molecule has 0 atom stereocenters. The molecule has 0 saturated carbocycles. The Balaban J connectivity index is 1.12. The molecule has 3 heterocycles. The Morgan fingerprint density at radius 3 is 1.42 bits per heavy atom. The van der Waals surface area contributed by atoms with Crippen molar-refractivity contribution in [2.45, 2.75) is 16.2 Å². The number of fused-ring (bicyclic) bond motifs is 8. The van der Waals surface area contributed by atoms with Crippen LogP contribution in [-0.2, 0) is 6.42 Å². The molecular formula is C49H32N2S. The van der Waals surface area contributed by atoms with Crippen molar-refractivity contribution in [3.05, 3.63) is 193 Å². The van der Waals surface area contributed by atoms with Gasteiger partial charge < -0.3 is 9.13 Å². The van der Waals surface area contributed by atoms with E-state index in [1.54, 1.807) is 11.8 Å². The molecule has 0 radical (unpaired) electrons. The largest absolute Gasteiger partial charge is 0.309 e. The average Bonchev–Trinajstić information content (AvgIpc) is 3.74. The van der Waals surface area contributed by atoms with Crippen molar-refractivity contribution in [3.63, 3.8) is 0 Å². The van der Waals surface area contributed by atoms with Crippen LogP contribution in [0.4, 0.5) is 0 Å². The van der Waals surface area contributed by atoms with E-state index in [1.165, 1.54) is 26.8 Å². The van der Waals surface area contributed by atoms with Gasteiger partial charge in [0.05, 0.1) is 28.9 Å². The first kappa shape index (κ1) is 24.8. The Hall–Kier alpha value is -6.29. The molecular weight excluding hydrogens is 649 g/mol. The smallest absolute Gasteiger partial charge is 0.0645 e. The minimum Gasteiger partial charge on any atom is -0.309 e. The van der Waals surface area contributed by atoms with Gasteiger partial charge in [0.25, 0.3) is 0 Å². The molecule has 3 heteroatoms. The fourth-order valence-corrected chi connectivity index (χ4v) is 9.18. The summed E-state index contributed by atoms with van der Waals surface area (Å²) in [5.41, 5.74) is 12.2. The number of aromatic nitrogens is 2. The summed E-state index contributed by atoms with van der Waals surface area (Å²) >= 11 is 1.73. The molecule has 2 aromatic heterocycles. The van der Waals surface area contributed by atoms with Crippen molar-refractivity contribution in [3.8, 4) is 33.6 Å². The molecule has 1 aliphatic rings. The highest BCUT2D eigenvalue weighted by Crippen LogP contribution is 2.46. The van der Waals surface area contributed by atoms with Gasteiger partial charge >= 0.3 is 0 Å². The number of rotatable bonds is 4. The molecule has 244 valence electrons. The lowest BCUT2D eigenvalue weighted by atomic mass is 9.98. The Bertz CT molecular complexity index is 3210. The van der Waals surface area contributed by atoms with Crippen LogP contribution in [0.2, 0.25) is 0 Å². The van der Waals surface area contributed by atoms with Gasteiger partial charge in [0.2, 0.25) is 0 Å². The molecule has 11 rings (SSSR count). The summed E-state index contributed by atoms with van der Waals surface area (Å²) in [6.07, 6.45) is 0.749. The summed E-state index contributed by atoms with van der Waals surface area (Å²) in [5, 5.41) is 4.38. The van der Waals surface area contributed by atoms with Gasteiger partial charge in [0.1, 0.15) is 0 Å². The van der Waals surface area contributed by atoms with Crippen LogP contribution in [0.3, 0.4) is 0 Å². The van der Waals surface area contributed by atoms with E-state index in [-0.39, 0.29) is 29.9 Å². The quantitative estimate of drug-likeness (QED) is 0.179. The van der Waals surface area contributed by atoms with Crippen molar-refractivity contribution in [1.29, 1.82) is 0 Å². The van der Waals surface area contributed by atoms with E-state index in [9.17, 15) is 0 Å². The summed E-state index contributed by atoms with van der Waals surface area (Å²) < 4.78 is 47.2. The number of para-hydroxylation sites is 3. The van der Waals surface area contributed by atoms with Crippen LogP contribution < -0.4 is 0 Å². The number of hydrogen-bond acceptors (Lipinski definition) is 1. The molecule has 0 amide bonds. The summed E-state index contributed by atoms with van der Waals surface area (Å²) in [7, 11) is 0. The molecule has 1 aliphatic heterocycles. The Labute approximate surface area is 313 Å². The Morgan fingerprint density at radius 1 is 0.404 bits per heavy atom. The lowest BCUT2D eigenvalue weighted by Gasteiger charge is -2.21. The number of nitrogens with zero attached hydrogens (tertiary/aromatic N) is 2. The lowest BCUT2D eigenvalue weighted by Crippen LogP contribution is -2.02. The van der Waals surface area contributed by atoms with E-state index in [0.29, 0.717) is 0 Å². The van der Waals surface area contributed by atoms with Crippen LogP contribution in [0.1, 0.15) is 18.0 Å². The molecule has 52 heavy (non-hydrogen) atoms. The predicted octanol–water partition coefficient (Wildman–Crippen LogP) is 13.3. The van der Waals surface area contributed by atoms with Gasteiger partial charge in [-0.2, -0.15) is 0 Å². The van der Waals surface area contributed by atoms with Gasteiger partial charge in [-0.25, -0.2) is 0 Å². The third-order valence-electron chi connectivity index (χ3n) is 10.4. The second-order valence-corrected chi connectivity index (χ2v) is 14.5. The molecule has 0 spiro atoms. The second-order valence-electron chi connectivity index (χ2n) is 13.4. The van der Waals surface area contributed by atoms with Crippen LogP contribution in [0.25, 0.3) is 77.2 Å². The summed E-state index contributed by atoms with van der Waals surface area (Å²) in [6.45, 7) is 0. The van der Waals surface area contributed by atoms with Gasteiger partial charge in [0.15, 0.2) is 0 Å². The molecule has 10 aromatic rings. The van der Waals surface area contributed by atoms with Crippen molar-refractivity contribution in [1.82, 2.24) is 9.13 Å². The van der Waals surface area contributed by atoms with Crippen LogP contribution >= 0.6 is 11.8 Å². The van der Waals surface area contributed by atoms with Gasteiger partial charge in [-0.05, 0) is 106 Å². The standard InChI is InChI=1S/C49H32N2S/c1-4-14-32(15-5-1)34-24-35(33-16-6-2-7-17-33)27-39(26-34)51-45-23-13-11-21-41(45)43-29-37-25-36-28-42-40-20-10-12-22-44(40)50(38-18-8-3-9-19-38)46(42)30-48(36)52-49(37)31-47(43)51/h1-24,26-31H,25H2/i3D,8D,9D,18D,19D.